The maximum atomic E-state index is 13.7. The molecule has 0 aromatic heterocycles. The molecule has 1 aliphatic heterocycles. The normalized spacial score (nSPS) is 37.0. The summed E-state index contributed by atoms with van der Waals surface area (Å²) in [6.07, 6.45) is 9.26. The molecule has 0 bridgehead atoms. The number of fused-ring (bicyclic) bond motifs is 5. The molecule has 4 aliphatic rings. The highest BCUT2D eigenvalue weighted by molar-refractivity contribution is 5.81. The maximum Gasteiger partial charge on any atom is 0.224 e. The second kappa shape index (κ2) is 8.13. The first-order valence-electron chi connectivity index (χ1n) is 13.1. The minimum Gasteiger partial charge on any atom is -0.497 e. The number of carbonyl (C=O) groups is 2. The average molecular weight is 465 g/mol. The molecule has 2 amide bonds. The molecule has 2 N–H and O–H groups in total. The number of rotatable bonds is 4. The Morgan fingerprint density at radius 2 is 1.82 bits per heavy atom. The number of hydrogen-bond acceptors (Lipinski definition) is 3. The van der Waals surface area contributed by atoms with Crippen LogP contribution in [0.25, 0.3) is 0 Å². The summed E-state index contributed by atoms with van der Waals surface area (Å²) in [4.78, 5) is 25.7. The number of piperidine rings is 1. The van der Waals surface area contributed by atoms with E-state index in [4.69, 9.17) is 4.74 Å². The van der Waals surface area contributed by atoms with Crippen molar-refractivity contribution in [3.8, 4) is 5.75 Å². The summed E-state index contributed by atoms with van der Waals surface area (Å²) in [6, 6.07) is 7.99. The molecular formula is C29H40N2O3. The van der Waals surface area contributed by atoms with Gasteiger partial charge in [-0.05, 0) is 93.2 Å². The van der Waals surface area contributed by atoms with Crippen molar-refractivity contribution < 1.29 is 14.3 Å². The van der Waals surface area contributed by atoms with Gasteiger partial charge in [0.2, 0.25) is 11.8 Å². The van der Waals surface area contributed by atoms with Crippen LogP contribution in [0.4, 0.5) is 0 Å². The number of carbonyl (C=O) groups excluding carboxylic acids is 2. The predicted octanol–water partition coefficient (Wildman–Crippen LogP) is 5.31. The van der Waals surface area contributed by atoms with Crippen LogP contribution >= 0.6 is 0 Å². The Labute approximate surface area is 204 Å². The molecule has 5 nitrogen and oxygen atoms in total. The SMILES string of the molecule is COc1ccc(C(C)(C)NC(=O)[C@H]2CC[C@H]3[C@@H]4CC=C5NC(=O)CC[C@]5(C)[C@H]4CC[C@]23C)cc1. The van der Waals surface area contributed by atoms with E-state index in [0.717, 1.165) is 49.8 Å². The average Bonchev–Trinajstić information content (AvgIpc) is 3.16. The van der Waals surface area contributed by atoms with Crippen molar-refractivity contribution in [2.45, 2.75) is 78.2 Å². The van der Waals surface area contributed by atoms with E-state index in [2.05, 4.69) is 44.4 Å². The van der Waals surface area contributed by atoms with E-state index in [-0.39, 0.29) is 28.6 Å². The lowest BCUT2D eigenvalue weighted by Crippen LogP contribution is -2.54. The molecule has 34 heavy (non-hydrogen) atoms. The van der Waals surface area contributed by atoms with E-state index in [1.54, 1.807) is 7.11 Å². The number of methoxy groups -OCH3 is 1. The van der Waals surface area contributed by atoms with Crippen LogP contribution in [-0.4, -0.2) is 18.9 Å². The van der Waals surface area contributed by atoms with Crippen molar-refractivity contribution in [3.63, 3.8) is 0 Å². The van der Waals surface area contributed by atoms with Crippen molar-refractivity contribution in [1.29, 1.82) is 0 Å². The van der Waals surface area contributed by atoms with Crippen LogP contribution in [0.15, 0.2) is 36.0 Å². The monoisotopic (exact) mass is 464 g/mol. The number of allylic oxidation sites excluding steroid dienone is 2. The van der Waals surface area contributed by atoms with E-state index in [1.165, 1.54) is 5.70 Å². The Morgan fingerprint density at radius 1 is 1.09 bits per heavy atom. The van der Waals surface area contributed by atoms with Crippen molar-refractivity contribution in [2.75, 3.05) is 7.11 Å². The van der Waals surface area contributed by atoms with Gasteiger partial charge in [0.25, 0.3) is 0 Å². The molecule has 3 fully saturated rings. The lowest BCUT2D eigenvalue weighted by Gasteiger charge is -2.57. The third-order valence-electron chi connectivity index (χ3n) is 10.2. The standard InChI is InChI=1S/C29H40N2O3/c1-27(2,18-6-8-19(34-5)9-7-18)31-26(33)23-12-11-21-20-10-13-24-29(4,17-15-25(32)30-24)22(20)14-16-28(21,23)3/h6-9,13,20-23H,10-12,14-17H2,1-5H3,(H,30,32)(H,31,33)/t20-,21-,22-,23+,28-,29+/m0/s1. The van der Waals surface area contributed by atoms with Crippen LogP contribution in [0, 0.1) is 34.5 Å². The number of nitrogens with one attached hydrogen (secondary N) is 2. The molecule has 0 unspecified atom stereocenters. The number of ether oxygens (including phenoxy) is 1. The largest absolute Gasteiger partial charge is 0.497 e. The number of benzene rings is 1. The number of hydrogen-bond donors (Lipinski definition) is 2. The molecule has 5 rings (SSSR count). The molecule has 1 saturated heterocycles. The fourth-order valence-electron chi connectivity index (χ4n) is 8.10. The Morgan fingerprint density at radius 3 is 2.53 bits per heavy atom. The zero-order valence-electron chi connectivity index (χ0n) is 21.4. The van der Waals surface area contributed by atoms with E-state index < -0.39 is 5.54 Å². The van der Waals surface area contributed by atoms with Gasteiger partial charge in [0.15, 0.2) is 0 Å². The van der Waals surface area contributed by atoms with Gasteiger partial charge in [-0.2, -0.15) is 0 Å². The summed E-state index contributed by atoms with van der Waals surface area (Å²) in [5, 5.41) is 6.59. The Hall–Kier alpha value is -2.30. The van der Waals surface area contributed by atoms with Gasteiger partial charge in [0.05, 0.1) is 12.6 Å². The zero-order chi connectivity index (χ0) is 24.3. The van der Waals surface area contributed by atoms with E-state index in [0.29, 0.717) is 24.2 Å². The highest BCUT2D eigenvalue weighted by Gasteiger charge is 2.60. The quantitative estimate of drug-likeness (QED) is 0.635. The smallest absolute Gasteiger partial charge is 0.224 e. The van der Waals surface area contributed by atoms with Gasteiger partial charge in [-0.1, -0.05) is 32.1 Å². The first-order valence-corrected chi connectivity index (χ1v) is 13.1. The fourth-order valence-corrected chi connectivity index (χ4v) is 8.10. The van der Waals surface area contributed by atoms with Crippen LogP contribution < -0.4 is 15.4 Å². The first kappa shape index (κ1) is 23.4. The molecule has 1 aromatic rings. The van der Waals surface area contributed by atoms with Gasteiger partial charge in [-0.25, -0.2) is 0 Å². The van der Waals surface area contributed by atoms with Crippen LogP contribution in [0.2, 0.25) is 0 Å². The summed E-state index contributed by atoms with van der Waals surface area (Å²) in [7, 11) is 1.67. The van der Waals surface area contributed by atoms with Gasteiger partial charge in [-0.15, -0.1) is 0 Å². The molecule has 184 valence electrons. The summed E-state index contributed by atoms with van der Waals surface area (Å²) >= 11 is 0. The van der Waals surface area contributed by atoms with Gasteiger partial charge >= 0.3 is 0 Å². The summed E-state index contributed by atoms with van der Waals surface area (Å²) < 4.78 is 5.29. The lowest BCUT2D eigenvalue weighted by atomic mass is 9.49. The first-order chi connectivity index (χ1) is 16.1. The van der Waals surface area contributed by atoms with E-state index in [1.807, 2.05) is 24.3 Å². The van der Waals surface area contributed by atoms with Gasteiger partial charge in [0.1, 0.15) is 5.75 Å². The third-order valence-corrected chi connectivity index (χ3v) is 10.2. The van der Waals surface area contributed by atoms with E-state index in [9.17, 15) is 9.59 Å². The predicted molar refractivity (Wildman–Crippen MR) is 133 cm³/mol. The van der Waals surface area contributed by atoms with Gasteiger partial charge in [0, 0.05) is 23.5 Å². The summed E-state index contributed by atoms with van der Waals surface area (Å²) in [6.45, 7) is 8.93. The molecule has 6 atom stereocenters. The Balaban J connectivity index is 1.34. The highest BCUT2D eigenvalue weighted by atomic mass is 16.5. The highest BCUT2D eigenvalue weighted by Crippen LogP contribution is 2.65. The Kier molecular flexibility index (Phi) is 5.61. The lowest BCUT2D eigenvalue weighted by molar-refractivity contribution is -0.134. The fraction of sp³-hybridized carbons (Fsp3) is 0.655. The van der Waals surface area contributed by atoms with Crippen molar-refractivity contribution >= 4 is 11.8 Å². The Bertz CT molecular complexity index is 1010. The topological polar surface area (TPSA) is 67.4 Å². The van der Waals surface area contributed by atoms with Crippen molar-refractivity contribution in [1.82, 2.24) is 10.6 Å². The molecule has 0 spiro atoms. The minimum absolute atomic E-state index is 0.0425. The summed E-state index contributed by atoms with van der Waals surface area (Å²) in [5.41, 5.74) is 1.94. The second-order valence-electron chi connectivity index (χ2n) is 12.2. The third kappa shape index (κ3) is 3.58. The molecule has 3 aliphatic carbocycles. The van der Waals surface area contributed by atoms with Gasteiger partial charge in [-0.3, -0.25) is 9.59 Å². The van der Waals surface area contributed by atoms with E-state index >= 15 is 0 Å². The molecule has 0 radical (unpaired) electrons. The molecular weight excluding hydrogens is 424 g/mol. The van der Waals surface area contributed by atoms with Crippen LogP contribution in [0.5, 0.6) is 5.75 Å². The van der Waals surface area contributed by atoms with Crippen LogP contribution in [0.3, 0.4) is 0 Å². The summed E-state index contributed by atoms with van der Waals surface area (Å²) in [5.74, 6) is 3.02. The minimum atomic E-state index is -0.439. The molecule has 2 saturated carbocycles. The number of amides is 2. The van der Waals surface area contributed by atoms with Crippen molar-refractivity contribution in [3.05, 3.63) is 41.6 Å². The molecule has 5 heteroatoms. The van der Waals surface area contributed by atoms with Crippen LogP contribution in [0.1, 0.15) is 78.2 Å². The second-order valence-corrected chi connectivity index (χ2v) is 12.2. The zero-order valence-corrected chi connectivity index (χ0v) is 21.4. The molecule has 1 aromatic carbocycles. The maximum absolute atomic E-state index is 13.7. The van der Waals surface area contributed by atoms with Crippen molar-refractivity contribution in [2.24, 2.45) is 34.5 Å². The molecule has 1 heterocycles. The van der Waals surface area contributed by atoms with Gasteiger partial charge < -0.3 is 15.4 Å². The van der Waals surface area contributed by atoms with Crippen LogP contribution in [-0.2, 0) is 15.1 Å².